The van der Waals surface area contributed by atoms with Gasteiger partial charge in [0.25, 0.3) is 5.91 Å². The highest BCUT2D eigenvalue weighted by atomic mass is 16.1. The van der Waals surface area contributed by atoms with Crippen molar-refractivity contribution in [2.45, 2.75) is 0 Å². The molecule has 12 heavy (non-hydrogen) atoms. The van der Waals surface area contributed by atoms with Crippen LogP contribution in [0.1, 0.15) is 10.4 Å². The van der Waals surface area contributed by atoms with Crippen LogP contribution in [0.2, 0.25) is 0 Å². The summed E-state index contributed by atoms with van der Waals surface area (Å²) >= 11 is 0. The lowest BCUT2D eigenvalue weighted by Gasteiger charge is -2.04. The number of anilines is 1. The van der Waals surface area contributed by atoms with Crippen molar-refractivity contribution in [3.8, 4) is 0 Å². The molecule has 0 atom stereocenters. The molecule has 0 saturated heterocycles. The molecule has 1 amide bonds. The topological polar surface area (TPSA) is 54.0 Å². The normalized spacial score (nSPS) is 9.17. The maximum absolute atomic E-state index is 11.2. The van der Waals surface area contributed by atoms with Gasteiger partial charge in [0.05, 0.1) is 5.56 Å². The van der Waals surface area contributed by atoms with E-state index in [0.717, 1.165) is 0 Å². The van der Waals surface area contributed by atoms with E-state index in [1.54, 1.807) is 32.4 Å². The van der Waals surface area contributed by atoms with Gasteiger partial charge < -0.3 is 10.6 Å². The number of rotatable bonds is 2. The summed E-state index contributed by atoms with van der Waals surface area (Å²) in [6.07, 6.45) is 1.64. The van der Waals surface area contributed by atoms with E-state index >= 15 is 0 Å². The summed E-state index contributed by atoms with van der Waals surface area (Å²) in [4.78, 5) is 15.2. The molecule has 0 bridgehead atoms. The molecule has 1 aromatic rings. The summed E-state index contributed by atoms with van der Waals surface area (Å²) < 4.78 is 0. The predicted molar refractivity (Wildman–Crippen MR) is 47.2 cm³/mol. The van der Waals surface area contributed by atoms with Gasteiger partial charge in [-0.1, -0.05) is 0 Å². The lowest BCUT2D eigenvalue weighted by Crippen LogP contribution is -2.19. The molecule has 0 spiro atoms. The fourth-order valence-corrected chi connectivity index (χ4v) is 0.922. The van der Waals surface area contributed by atoms with Crippen LogP contribution in [0.25, 0.3) is 0 Å². The van der Waals surface area contributed by atoms with Gasteiger partial charge in [0, 0.05) is 20.3 Å². The Labute approximate surface area is 71.0 Å². The standard InChI is InChI=1S/C8H11N3O/c1-9-7-6(8(12)10-2)4-3-5-11-7/h3-5H,1-2H3,(H,9,11)(H,10,12). The van der Waals surface area contributed by atoms with Crippen LogP contribution in [-0.2, 0) is 0 Å². The molecule has 1 heterocycles. The Balaban J connectivity index is 3.04. The maximum Gasteiger partial charge on any atom is 0.254 e. The second-order valence-electron chi connectivity index (χ2n) is 2.23. The summed E-state index contributed by atoms with van der Waals surface area (Å²) in [5.74, 6) is 0.462. The van der Waals surface area contributed by atoms with Crippen LogP contribution < -0.4 is 10.6 Å². The van der Waals surface area contributed by atoms with E-state index in [-0.39, 0.29) is 5.91 Å². The van der Waals surface area contributed by atoms with E-state index < -0.39 is 0 Å². The molecule has 0 fully saturated rings. The van der Waals surface area contributed by atoms with Crippen molar-refractivity contribution in [1.82, 2.24) is 10.3 Å². The molecule has 0 aliphatic carbocycles. The Bertz CT molecular complexity index is 285. The SMILES string of the molecule is CNC(=O)c1cccnc1NC. The summed E-state index contributed by atoms with van der Waals surface area (Å²) in [6, 6.07) is 3.45. The molecular formula is C8H11N3O. The van der Waals surface area contributed by atoms with Gasteiger partial charge in [0.15, 0.2) is 0 Å². The predicted octanol–water partition coefficient (Wildman–Crippen LogP) is 0.483. The fraction of sp³-hybridized carbons (Fsp3) is 0.250. The average Bonchev–Trinajstić information content (AvgIpc) is 2.16. The van der Waals surface area contributed by atoms with E-state index in [2.05, 4.69) is 15.6 Å². The zero-order valence-electron chi connectivity index (χ0n) is 7.09. The fourth-order valence-electron chi connectivity index (χ4n) is 0.922. The van der Waals surface area contributed by atoms with Crippen molar-refractivity contribution < 1.29 is 4.79 Å². The van der Waals surface area contributed by atoms with Gasteiger partial charge in [-0.25, -0.2) is 4.98 Å². The number of nitrogens with zero attached hydrogens (tertiary/aromatic N) is 1. The van der Waals surface area contributed by atoms with Crippen molar-refractivity contribution in [3.05, 3.63) is 23.9 Å². The van der Waals surface area contributed by atoms with Crippen LogP contribution >= 0.6 is 0 Å². The highest BCUT2D eigenvalue weighted by molar-refractivity contribution is 5.98. The number of carbonyl (C=O) groups excluding carboxylic acids is 1. The summed E-state index contributed by atoms with van der Waals surface area (Å²) in [5, 5.41) is 5.38. The van der Waals surface area contributed by atoms with Crippen LogP contribution in [0.4, 0.5) is 5.82 Å². The molecule has 0 aromatic carbocycles. The van der Waals surface area contributed by atoms with E-state index in [9.17, 15) is 4.79 Å². The Morgan fingerprint density at radius 3 is 2.83 bits per heavy atom. The van der Waals surface area contributed by atoms with Gasteiger partial charge >= 0.3 is 0 Å². The number of nitrogens with one attached hydrogen (secondary N) is 2. The third-order valence-electron chi connectivity index (χ3n) is 1.52. The first-order valence-electron chi connectivity index (χ1n) is 3.64. The molecule has 0 saturated carbocycles. The molecule has 64 valence electrons. The Morgan fingerprint density at radius 2 is 2.25 bits per heavy atom. The lowest BCUT2D eigenvalue weighted by atomic mass is 10.2. The number of amides is 1. The van der Waals surface area contributed by atoms with Gasteiger partial charge in [0.1, 0.15) is 5.82 Å². The molecular weight excluding hydrogens is 154 g/mol. The number of hydrogen-bond acceptors (Lipinski definition) is 3. The van der Waals surface area contributed by atoms with Gasteiger partial charge in [-0.05, 0) is 12.1 Å². The summed E-state index contributed by atoms with van der Waals surface area (Å²) in [5.41, 5.74) is 0.558. The molecule has 0 unspecified atom stereocenters. The molecule has 4 nitrogen and oxygen atoms in total. The minimum absolute atomic E-state index is 0.132. The van der Waals surface area contributed by atoms with Crippen molar-refractivity contribution in [1.29, 1.82) is 0 Å². The van der Waals surface area contributed by atoms with Crippen LogP contribution in [0, 0.1) is 0 Å². The van der Waals surface area contributed by atoms with Gasteiger partial charge in [-0.3, -0.25) is 4.79 Å². The summed E-state index contributed by atoms with van der Waals surface area (Å²) in [6.45, 7) is 0. The third kappa shape index (κ3) is 1.53. The van der Waals surface area contributed by atoms with Gasteiger partial charge in [-0.2, -0.15) is 0 Å². The first kappa shape index (κ1) is 8.52. The van der Waals surface area contributed by atoms with Crippen molar-refractivity contribution in [3.63, 3.8) is 0 Å². The Hall–Kier alpha value is -1.58. The van der Waals surface area contributed by atoms with Crippen LogP contribution in [0.15, 0.2) is 18.3 Å². The molecule has 4 heteroatoms. The molecule has 0 radical (unpaired) electrons. The van der Waals surface area contributed by atoms with E-state index in [1.807, 2.05) is 0 Å². The molecule has 2 N–H and O–H groups in total. The smallest absolute Gasteiger partial charge is 0.254 e. The Morgan fingerprint density at radius 1 is 1.50 bits per heavy atom. The number of hydrogen-bond donors (Lipinski definition) is 2. The molecule has 1 aromatic heterocycles. The summed E-state index contributed by atoms with van der Waals surface area (Å²) in [7, 11) is 3.32. The second kappa shape index (κ2) is 3.71. The van der Waals surface area contributed by atoms with Gasteiger partial charge in [0.2, 0.25) is 0 Å². The quantitative estimate of drug-likeness (QED) is 0.670. The minimum Gasteiger partial charge on any atom is -0.372 e. The molecule has 0 aliphatic rings. The number of carbonyl (C=O) groups is 1. The monoisotopic (exact) mass is 165 g/mol. The maximum atomic E-state index is 11.2. The third-order valence-corrected chi connectivity index (χ3v) is 1.52. The number of aromatic nitrogens is 1. The zero-order valence-corrected chi connectivity index (χ0v) is 7.09. The first-order chi connectivity index (χ1) is 5.79. The van der Waals surface area contributed by atoms with E-state index in [1.165, 1.54) is 0 Å². The second-order valence-corrected chi connectivity index (χ2v) is 2.23. The highest BCUT2D eigenvalue weighted by Gasteiger charge is 2.07. The first-order valence-corrected chi connectivity index (χ1v) is 3.64. The zero-order chi connectivity index (χ0) is 8.97. The lowest BCUT2D eigenvalue weighted by molar-refractivity contribution is 0.0963. The number of pyridine rings is 1. The van der Waals surface area contributed by atoms with Gasteiger partial charge in [-0.15, -0.1) is 0 Å². The highest BCUT2D eigenvalue weighted by Crippen LogP contribution is 2.09. The van der Waals surface area contributed by atoms with Crippen LogP contribution in [0.5, 0.6) is 0 Å². The Kier molecular flexibility index (Phi) is 2.63. The molecule has 1 rings (SSSR count). The van der Waals surface area contributed by atoms with E-state index in [0.29, 0.717) is 11.4 Å². The van der Waals surface area contributed by atoms with Crippen LogP contribution in [0.3, 0.4) is 0 Å². The van der Waals surface area contributed by atoms with Crippen LogP contribution in [-0.4, -0.2) is 25.0 Å². The minimum atomic E-state index is -0.132. The molecule has 0 aliphatic heterocycles. The van der Waals surface area contributed by atoms with Crippen molar-refractivity contribution >= 4 is 11.7 Å². The van der Waals surface area contributed by atoms with E-state index in [4.69, 9.17) is 0 Å². The van der Waals surface area contributed by atoms with Crippen molar-refractivity contribution in [2.24, 2.45) is 0 Å². The van der Waals surface area contributed by atoms with Crippen molar-refractivity contribution in [2.75, 3.05) is 19.4 Å². The largest absolute Gasteiger partial charge is 0.372 e. The average molecular weight is 165 g/mol.